The van der Waals surface area contributed by atoms with Crippen LogP contribution in [0.5, 0.6) is 5.75 Å². The number of halogens is 1. The van der Waals surface area contributed by atoms with Crippen LogP contribution in [0.15, 0.2) is 22.7 Å². The van der Waals surface area contributed by atoms with Crippen LogP contribution in [0.25, 0.3) is 0 Å². The van der Waals surface area contributed by atoms with E-state index in [4.69, 9.17) is 20.9 Å². The third kappa shape index (κ3) is 2.57. The number of carbonyl (C=O) groups excluding carboxylic acids is 1. The molecule has 4 rings (SSSR count). The zero-order valence-electron chi connectivity index (χ0n) is 12.7. The SMILES string of the molecule is Cc1nc([C@H]2CCCN2C(=O)[C@@H]2Cc3cc(Cl)ccc3O2)no1. The summed E-state index contributed by atoms with van der Waals surface area (Å²) in [4.78, 5) is 19.0. The van der Waals surface area contributed by atoms with Crippen LogP contribution < -0.4 is 4.74 Å². The number of hydrogen-bond acceptors (Lipinski definition) is 5. The highest BCUT2D eigenvalue weighted by Crippen LogP contribution is 2.35. The predicted octanol–water partition coefficient (Wildman–Crippen LogP) is 2.70. The van der Waals surface area contributed by atoms with Crippen LogP contribution in [0.2, 0.25) is 5.02 Å². The quantitative estimate of drug-likeness (QED) is 0.845. The van der Waals surface area contributed by atoms with Gasteiger partial charge in [0.1, 0.15) is 5.75 Å². The van der Waals surface area contributed by atoms with E-state index < -0.39 is 6.10 Å². The third-order valence-corrected chi connectivity index (χ3v) is 4.58. The first-order valence-electron chi connectivity index (χ1n) is 7.67. The molecule has 0 saturated carbocycles. The Bertz CT molecular complexity index is 761. The van der Waals surface area contributed by atoms with Crippen molar-refractivity contribution in [3.05, 3.63) is 40.5 Å². The average molecular weight is 334 g/mol. The van der Waals surface area contributed by atoms with E-state index in [1.807, 2.05) is 17.0 Å². The predicted molar refractivity (Wildman–Crippen MR) is 82.3 cm³/mol. The number of rotatable bonds is 2. The Morgan fingerprint density at radius 3 is 3.09 bits per heavy atom. The molecule has 23 heavy (non-hydrogen) atoms. The number of nitrogens with zero attached hydrogens (tertiary/aromatic N) is 3. The summed E-state index contributed by atoms with van der Waals surface area (Å²) in [5.74, 6) is 1.80. The molecule has 6 nitrogen and oxygen atoms in total. The fourth-order valence-corrected chi connectivity index (χ4v) is 3.48. The number of hydrogen-bond donors (Lipinski definition) is 0. The van der Waals surface area contributed by atoms with Crippen molar-refractivity contribution >= 4 is 17.5 Å². The largest absolute Gasteiger partial charge is 0.480 e. The maximum absolute atomic E-state index is 12.9. The van der Waals surface area contributed by atoms with E-state index in [9.17, 15) is 4.79 Å². The van der Waals surface area contributed by atoms with Crippen LogP contribution in [0.4, 0.5) is 0 Å². The topological polar surface area (TPSA) is 68.5 Å². The van der Waals surface area contributed by atoms with Gasteiger partial charge in [0, 0.05) is 24.9 Å². The molecule has 2 aliphatic heterocycles. The van der Waals surface area contributed by atoms with Gasteiger partial charge in [-0.05, 0) is 36.6 Å². The molecule has 0 unspecified atom stereocenters. The van der Waals surface area contributed by atoms with Crippen LogP contribution >= 0.6 is 11.6 Å². The van der Waals surface area contributed by atoms with Gasteiger partial charge >= 0.3 is 0 Å². The van der Waals surface area contributed by atoms with Gasteiger partial charge in [-0.15, -0.1) is 0 Å². The van der Waals surface area contributed by atoms with Crippen molar-refractivity contribution in [2.45, 2.75) is 38.3 Å². The first kappa shape index (κ1) is 14.5. The molecule has 0 radical (unpaired) electrons. The molecule has 1 aromatic heterocycles. The second kappa shape index (κ2) is 5.53. The van der Waals surface area contributed by atoms with Gasteiger partial charge in [-0.2, -0.15) is 4.98 Å². The number of amides is 1. The average Bonchev–Trinajstić information content (AvgIpc) is 3.23. The zero-order valence-corrected chi connectivity index (χ0v) is 13.4. The second-order valence-corrected chi connectivity index (χ2v) is 6.36. The molecule has 2 aromatic rings. The van der Waals surface area contributed by atoms with Crippen LogP contribution in [-0.4, -0.2) is 33.6 Å². The van der Waals surface area contributed by atoms with E-state index in [1.165, 1.54) is 0 Å². The highest BCUT2D eigenvalue weighted by atomic mass is 35.5. The standard InChI is InChI=1S/C16H16ClN3O3/c1-9-18-15(19-23-9)12-3-2-6-20(12)16(21)14-8-10-7-11(17)4-5-13(10)22-14/h4-5,7,12,14H,2-3,6,8H2,1H3/t12-,14+/m1/s1. The summed E-state index contributed by atoms with van der Waals surface area (Å²) >= 11 is 6.01. The van der Waals surface area contributed by atoms with Crippen molar-refractivity contribution in [2.24, 2.45) is 0 Å². The van der Waals surface area contributed by atoms with E-state index >= 15 is 0 Å². The van der Waals surface area contributed by atoms with Gasteiger partial charge in [0.2, 0.25) is 5.89 Å². The van der Waals surface area contributed by atoms with Gasteiger partial charge in [-0.25, -0.2) is 0 Å². The van der Waals surface area contributed by atoms with E-state index in [-0.39, 0.29) is 11.9 Å². The monoisotopic (exact) mass is 333 g/mol. The zero-order chi connectivity index (χ0) is 16.0. The minimum atomic E-state index is -0.503. The van der Waals surface area contributed by atoms with Crippen molar-refractivity contribution in [2.75, 3.05) is 6.54 Å². The fourth-order valence-electron chi connectivity index (χ4n) is 3.29. The summed E-state index contributed by atoms with van der Waals surface area (Å²) in [6.07, 6.45) is 1.81. The van der Waals surface area contributed by atoms with Crippen molar-refractivity contribution < 1.29 is 14.1 Å². The molecule has 2 aliphatic rings. The van der Waals surface area contributed by atoms with Gasteiger partial charge in [-0.3, -0.25) is 4.79 Å². The maximum Gasteiger partial charge on any atom is 0.264 e. The van der Waals surface area contributed by atoms with Gasteiger partial charge < -0.3 is 14.2 Å². The highest BCUT2D eigenvalue weighted by molar-refractivity contribution is 6.30. The molecule has 1 aromatic carbocycles. The van der Waals surface area contributed by atoms with E-state index in [0.717, 1.165) is 24.2 Å². The fraction of sp³-hybridized carbons (Fsp3) is 0.438. The molecule has 1 fully saturated rings. The lowest BCUT2D eigenvalue weighted by Crippen LogP contribution is -2.41. The Morgan fingerprint density at radius 2 is 2.30 bits per heavy atom. The molecule has 0 bridgehead atoms. The molecule has 2 atom stereocenters. The van der Waals surface area contributed by atoms with Crippen molar-refractivity contribution in [3.63, 3.8) is 0 Å². The molecule has 7 heteroatoms. The van der Waals surface area contributed by atoms with Gasteiger partial charge in [-0.1, -0.05) is 16.8 Å². The number of fused-ring (bicyclic) bond motifs is 1. The van der Waals surface area contributed by atoms with Crippen LogP contribution in [-0.2, 0) is 11.2 Å². The molecule has 120 valence electrons. The summed E-state index contributed by atoms with van der Waals surface area (Å²) in [7, 11) is 0. The Labute approximate surface area is 138 Å². The Balaban J connectivity index is 1.53. The van der Waals surface area contributed by atoms with Crippen LogP contribution in [0.3, 0.4) is 0 Å². The molecular formula is C16H16ClN3O3. The summed E-state index contributed by atoms with van der Waals surface area (Å²) in [6, 6.07) is 5.31. The number of aromatic nitrogens is 2. The van der Waals surface area contributed by atoms with E-state index in [1.54, 1.807) is 13.0 Å². The minimum absolute atomic E-state index is 0.0257. The number of carbonyl (C=O) groups is 1. The summed E-state index contributed by atoms with van der Waals surface area (Å²) in [5.41, 5.74) is 0.974. The summed E-state index contributed by atoms with van der Waals surface area (Å²) in [6.45, 7) is 2.44. The Morgan fingerprint density at radius 1 is 1.43 bits per heavy atom. The minimum Gasteiger partial charge on any atom is -0.480 e. The number of benzene rings is 1. The van der Waals surface area contributed by atoms with Gasteiger partial charge in [0.25, 0.3) is 5.91 Å². The van der Waals surface area contributed by atoms with Crippen molar-refractivity contribution in [1.82, 2.24) is 15.0 Å². The van der Waals surface area contributed by atoms with Gasteiger partial charge in [0.05, 0.1) is 6.04 Å². The molecule has 0 N–H and O–H groups in total. The summed E-state index contributed by atoms with van der Waals surface area (Å²) < 4.78 is 10.9. The molecule has 1 amide bonds. The summed E-state index contributed by atoms with van der Waals surface area (Å²) in [5, 5.41) is 4.62. The smallest absolute Gasteiger partial charge is 0.264 e. The lowest BCUT2D eigenvalue weighted by atomic mass is 10.1. The van der Waals surface area contributed by atoms with Crippen molar-refractivity contribution in [3.8, 4) is 5.75 Å². The number of likely N-dealkylation sites (tertiary alicyclic amines) is 1. The molecule has 0 spiro atoms. The van der Waals surface area contributed by atoms with Crippen LogP contribution in [0.1, 0.15) is 36.2 Å². The second-order valence-electron chi connectivity index (χ2n) is 5.92. The first-order chi connectivity index (χ1) is 11.1. The normalized spacial score (nSPS) is 23.0. The van der Waals surface area contributed by atoms with Gasteiger partial charge in [0.15, 0.2) is 11.9 Å². The number of aryl methyl sites for hydroxylation is 1. The highest BCUT2D eigenvalue weighted by Gasteiger charge is 2.39. The molecular weight excluding hydrogens is 318 g/mol. The molecule has 1 saturated heterocycles. The molecule has 0 aliphatic carbocycles. The lowest BCUT2D eigenvalue weighted by molar-refractivity contribution is -0.139. The van der Waals surface area contributed by atoms with E-state index in [2.05, 4.69) is 10.1 Å². The first-order valence-corrected chi connectivity index (χ1v) is 8.05. The number of ether oxygens (including phenoxy) is 1. The Hall–Kier alpha value is -2.08. The lowest BCUT2D eigenvalue weighted by Gasteiger charge is -2.25. The maximum atomic E-state index is 12.9. The molecule has 3 heterocycles. The van der Waals surface area contributed by atoms with Crippen LogP contribution in [0, 0.1) is 6.92 Å². The third-order valence-electron chi connectivity index (χ3n) is 4.35. The van der Waals surface area contributed by atoms with E-state index in [0.29, 0.717) is 29.7 Å². The Kier molecular flexibility index (Phi) is 3.49. The van der Waals surface area contributed by atoms with Crippen molar-refractivity contribution in [1.29, 1.82) is 0 Å².